The summed E-state index contributed by atoms with van der Waals surface area (Å²) in [5, 5.41) is 6.99. The topological polar surface area (TPSA) is 52.1 Å². The summed E-state index contributed by atoms with van der Waals surface area (Å²) in [6.07, 6.45) is 7.69. The number of ether oxygens (including phenoxy) is 1. The number of halogens is 1. The van der Waals surface area contributed by atoms with Crippen molar-refractivity contribution in [3.63, 3.8) is 0 Å². The molecule has 1 aliphatic carbocycles. The summed E-state index contributed by atoms with van der Waals surface area (Å²) in [5.74, 6) is 0.979. The molecule has 0 unspecified atom stereocenters. The van der Waals surface area contributed by atoms with E-state index in [1.54, 1.807) is 0 Å². The zero-order valence-corrected chi connectivity index (χ0v) is 20.8. The van der Waals surface area contributed by atoms with Crippen molar-refractivity contribution < 1.29 is 4.74 Å². The van der Waals surface area contributed by atoms with Crippen LogP contribution in [0.3, 0.4) is 0 Å². The molecule has 6 nitrogen and oxygen atoms in total. The monoisotopic (exact) mass is 509 g/mol. The number of likely N-dealkylation sites (N-methyl/N-ethyl adjacent to an activating group) is 1. The second kappa shape index (κ2) is 14.8. The van der Waals surface area contributed by atoms with E-state index < -0.39 is 0 Å². The van der Waals surface area contributed by atoms with Gasteiger partial charge in [-0.05, 0) is 65.1 Å². The average molecular weight is 510 g/mol. The third-order valence-corrected chi connectivity index (χ3v) is 6.09. The molecule has 0 amide bonds. The normalized spacial score (nSPS) is 21.2. The number of hydrogen-bond donors (Lipinski definition) is 2. The molecule has 0 atom stereocenters. The van der Waals surface area contributed by atoms with Gasteiger partial charge in [-0.25, -0.2) is 0 Å². The van der Waals surface area contributed by atoms with Crippen molar-refractivity contribution in [1.82, 2.24) is 20.4 Å². The zero-order chi connectivity index (χ0) is 19.4. The number of nitrogens with one attached hydrogen (secondary N) is 2. The Morgan fingerprint density at radius 3 is 2.54 bits per heavy atom. The molecular weight excluding hydrogens is 465 g/mol. The molecule has 7 heteroatoms. The summed E-state index contributed by atoms with van der Waals surface area (Å²) in [6, 6.07) is 0. The van der Waals surface area contributed by atoms with Crippen LogP contribution < -0.4 is 10.6 Å². The molecule has 2 fully saturated rings. The van der Waals surface area contributed by atoms with Gasteiger partial charge in [-0.1, -0.05) is 12.8 Å². The molecule has 1 saturated carbocycles. The van der Waals surface area contributed by atoms with Gasteiger partial charge in [0.1, 0.15) is 0 Å². The average Bonchev–Trinajstić information content (AvgIpc) is 3.03. The smallest absolute Gasteiger partial charge is 0.191 e. The highest BCUT2D eigenvalue weighted by atomic mass is 127. The van der Waals surface area contributed by atoms with E-state index in [0.29, 0.717) is 5.41 Å². The molecule has 0 radical (unpaired) electrons. The summed E-state index contributed by atoms with van der Waals surface area (Å²) in [7, 11) is 2.22. The van der Waals surface area contributed by atoms with Gasteiger partial charge in [-0.2, -0.15) is 0 Å². The lowest BCUT2D eigenvalue weighted by molar-refractivity contribution is 0.107. The quantitative estimate of drug-likeness (QED) is 0.205. The van der Waals surface area contributed by atoms with Crippen molar-refractivity contribution >= 4 is 29.9 Å². The number of rotatable bonds is 10. The van der Waals surface area contributed by atoms with E-state index in [2.05, 4.69) is 41.3 Å². The lowest BCUT2D eigenvalue weighted by Gasteiger charge is -2.27. The maximum atomic E-state index is 5.64. The standard InChI is InChI=1S/C21H43N5O.HI/c1-4-22-20(23-12-15-26-14-8-13-25(3)16-17-26)24-19-21(9-6-7-10-21)11-18-27-5-2;/h4-19H2,1-3H3,(H2,22,23,24);1H. The van der Waals surface area contributed by atoms with Gasteiger partial charge in [0.05, 0.1) is 0 Å². The van der Waals surface area contributed by atoms with Gasteiger partial charge in [0.2, 0.25) is 0 Å². The fourth-order valence-corrected chi connectivity index (χ4v) is 4.29. The van der Waals surface area contributed by atoms with Crippen LogP contribution in [-0.4, -0.2) is 88.4 Å². The first-order chi connectivity index (χ1) is 13.2. The first kappa shape index (κ1) is 25.9. The van der Waals surface area contributed by atoms with Crippen LogP contribution in [0, 0.1) is 5.41 Å². The van der Waals surface area contributed by atoms with Gasteiger partial charge in [0, 0.05) is 52.5 Å². The van der Waals surface area contributed by atoms with E-state index in [1.807, 2.05) is 0 Å². The SMILES string of the molecule is CCNC(=NCC1(CCOCC)CCCC1)NCCN1CCCN(C)CC1.I. The largest absolute Gasteiger partial charge is 0.382 e. The summed E-state index contributed by atoms with van der Waals surface area (Å²) in [4.78, 5) is 9.97. The highest BCUT2D eigenvalue weighted by Gasteiger charge is 2.33. The predicted molar refractivity (Wildman–Crippen MR) is 130 cm³/mol. The fraction of sp³-hybridized carbons (Fsp3) is 0.952. The number of nitrogens with zero attached hydrogens (tertiary/aromatic N) is 3. The molecule has 28 heavy (non-hydrogen) atoms. The summed E-state index contributed by atoms with van der Waals surface area (Å²) >= 11 is 0. The molecule has 2 rings (SSSR count). The van der Waals surface area contributed by atoms with E-state index in [-0.39, 0.29) is 24.0 Å². The van der Waals surface area contributed by atoms with Crippen molar-refractivity contribution in [2.75, 3.05) is 72.6 Å². The number of aliphatic imine (C=N–C) groups is 1. The molecule has 166 valence electrons. The van der Waals surface area contributed by atoms with Gasteiger partial charge in [0.25, 0.3) is 0 Å². The molecule has 0 aromatic carbocycles. The minimum Gasteiger partial charge on any atom is -0.382 e. The lowest BCUT2D eigenvalue weighted by Crippen LogP contribution is -2.43. The summed E-state index contributed by atoms with van der Waals surface area (Å²) in [6.45, 7) is 14.6. The molecule has 1 saturated heterocycles. The van der Waals surface area contributed by atoms with Crippen LogP contribution in [0.4, 0.5) is 0 Å². The zero-order valence-electron chi connectivity index (χ0n) is 18.5. The molecule has 0 spiro atoms. The lowest BCUT2D eigenvalue weighted by atomic mass is 9.83. The van der Waals surface area contributed by atoms with E-state index in [1.165, 1.54) is 58.3 Å². The molecule has 0 bridgehead atoms. The predicted octanol–water partition coefficient (Wildman–Crippen LogP) is 2.78. The Morgan fingerprint density at radius 2 is 1.82 bits per heavy atom. The summed E-state index contributed by atoms with van der Waals surface area (Å²) < 4.78 is 5.64. The Bertz CT molecular complexity index is 429. The van der Waals surface area contributed by atoms with Gasteiger partial charge in [0.15, 0.2) is 5.96 Å². The fourth-order valence-electron chi connectivity index (χ4n) is 4.29. The Kier molecular flexibility index (Phi) is 13.7. The van der Waals surface area contributed by atoms with Crippen LogP contribution in [0.15, 0.2) is 4.99 Å². The Balaban J connectivity index is 0.00000392. The van der Waals surface area contributed by atoms with Crippen molar-refractivity contribution in [3.8, 4) is 0 Å². The highest BCUT2D eigenvalue weighted by Crippen LogP contribution is 2.41. The second-order valence-corrected chi connectivity index (χ2v) is 8.27. The van der Waals surface area contributed by atoms with Crippen molar-refractivity contribution in [2.45, 2.75) is 52.4 Å². The molecule has 1 heterocycles. The first-order valence-electron chi connectivity index (χ1n) is 11.2. The highest BCUT2D eigenvalue weighted by molar-refractivity contribution is 14.0. The van der Waals surface area contributed by atoms with Gasteiger partial charge in [-0.3, -0.25) is 4.99 Å². The second-order valence-electron chi connectivity index (χ2n) is 8.27. The third-order valence-electron chi connectivity index (χ3n) is 6.09. The van der Waals surface area contributed by atoms with E-state index >= 15 is 0 Å². The maximum Gasteiger partial charge on any atom is 0.191 e. The van der Waals surface area contributed by atoms with E-state index in [0.717, 1.165) is 51.8 Å². The molecule has 1 aliphatic heterocycles. The van der Waals surface area contributed by atoms with Gasteiger partial charge >= 0.3 is 0 Å². The molecular formula is C21H44IN5O. The van der Waals surface area contributed by atoms with E-state index in [9.17, 15) is 0 Å². The van der Waals surface area contributed by atoms with Crippen LogP contribution in [0.5, 0.6) is 0 Å². The third kappa shape index (κ3) is 9.59. The van der Waals surface area contributed by atoms with Crippen LogP contribution in [0.1, 0.15) is 52.4 Å². The maximum absolute atomic E-state index is 5.64. The molecule has 2 aliphatic rings. The molecule has 0 aromatic rings. The summed E-state index contributed by atoms with van der Waals surface area (Å²) in [5.41, 5.74) is 0.354. The Labute approximate surface area is 190 Å². The van der Waals surface area contributed by atoms with Crippen LogP contribution in [0.2, 0.25) is 0 Å². The number of hydrogen-bond acceptors (Lipinski definition) is 4. The minimum absolute atomic E-state index is 0. The Hall–Kier alpha value is -0.120. The van der Waals surface area contributed by atoms with Crippen molar-refractivity contribution in [1.29, 1.82) is 0 Å². The van der Waals surface area contributed by atoms with Crippen LogP contribution in [-0.2, 0) is 4.74 Å². The molecule has 0 aromatic heterocycles. The Morgan fingerprint density at radius 1 is 1.04 bits per heavy atom. The van der Waals surface area contributed by atoms with Crippen molar-refractivity contribution in [2.24, 2.45) is 10.4 Å². The van der Waals surface area contributed by atoms with Gasteiger partial charge < -0.3 is 25.2 Å². The van der Waals surface area contributed by atoms with Crippen LogP contribution >= 0.6 is 24.0 Å². The molecule has 2 N–H and O–H groups in total. The van der Waals surface area contributed by atoms with Crippen LogP contribution in [0.25, 0.3) is 0 Å². The van der Waals surface area contributed by atoms with Gasteiger partial charge in [-0.15, -0.1) is 24.0 Å². The first-order valence-corrected chi connectivity index (χ1v) is 11.2. The minimum atomic E-state index is 0. The number of guanidine groups is 1. The van der Waals surface area contributed by atoms with Crippen molar-refractivity contribution in [3.05, 3.63) is 0 Å². The van der Waals surface area contributed by atoms with E-state index in [4.69, 9.17) is 9.73 Å².